The van der Waals surface area contributed by atoms with Crippen molar-refractivity contribution in [3.8, 4) is 5.75 Å². The molecule has 1 N–H and O–H groups in total. The fourth-order valence-corrected chi connectivity index (χ4v) is 3.02. The summed E-state index contributed by atoms with van der Waals surface area (Å²) in [7, 11) is 6.64. The molecule has 2 heterocycles. The quantitative estimate of drug-likeness (QED) is 0.766. The molecule has 8 heteroatoms. The van der Waals surface area contributed by atoms with E-state index < -0.39 is 0 Å². The molecule has 8 nitrogen and oxygen atoms in total. The lowest BCUT2D eigenvalue weighted by Gasteiger charge is -2.25. The first-order valence-corrected chi connectivity index (χ1v) is 8.52. The number of rotatable bonds is 4. The molecule has 142 valence electrons. The van der Waals surface area contributed by atoms with Crippen LogP contribution in [0.1, 0.15) is 18.5 Å². The van der Waals surface area contributed by atoms with Crippen molar-refractivity contribution in [3.05, 3.63) is 52.7 Å². The highest BCUT2D eigenvalue weighted by Gasteiger charge is 2.20. The number of anilines is 1. The standard InChI is InChI=1S/C19H23N5O3/c1-12(13-7-6-8-20-11-13)22(2)18(25)21-14-9-15-16(10-17(14)27-5)24(4)19(26)23(15)3/h6-12H,1-5H3,(H,21,25)/t12-/m1/s1. The number of aromatic nitrogens is 3. The molecular weight excluding hydrogens is 346 g/mol. The van der Waals surface area contributed by atoms with Crippen molar-refractivity contribution < 1.29 is 9.53 Å². The van der Waals surface area contributed by atoms with Crippen LogP contribution in [0.4, 0.5) is 10.5 Å². The van der Waals surface area contributed by atoms with Gasteiger partial charge in [0.1, 0.15) is 5.75 Å². The molecule has 0 saturated heterocycles. The summed E-state index contributed by atoms with van der Waals surface area (Å²) >= 11 is 0. The van der Waals surface area contributed by atoms with Crippen molar-refractivity contribution >= 4 is 22.8 Å². The number of hydrogen-bond donors (Lipinski definition) is 1. The van der Waals surface area contributed by atoms with E-state index in [-0.39, 0.29) is 17.8 Å². The normalized spacial score (nSPS) is 12.0. The summed E-state index contributed by atoms with van der Waals surface area (Å²) in [6.07, 6.45) is 3.43. The predicted molar refractivity (Wildman–Crippen MR) is 104 cm³/mol. The third-order valence-electron chi connectivity index (χ3n) is 4.90. The highest BCUT2D eigenvalue weighted by Crippen LogP contribution is 2.30. The Bertz CT molecular complexity index is 1040. The van der Waals surface area contributed by atoms with E-state index >= 15 is 0 Å². The van der Waals surface area contributed by atoms with Gasteiger partial charge in [0, 0.05) is 39.6 Å². The van der Waals surface area contributed by atoms with E-state index in [9.17, 15) is 9.59 Å². The first-order chi connectivity index (χ1) is 12.8. The number of aryl methyl sites for hydroxylation is 2. The van der Waals surface area contributed by atoms with Crippen LogP contribution in [0.15, 0.2) is 41.5 Å². The lowest BCUT2D eigenvalue weighted by Crippen LogP contribution is -2.33. The van der Waals surface area contributed by atoms with Crippen molar-refractivity contribution in [2.24, 2.45) is 14.1 Å². The van der Waals surface area contributed by atoms with E-state index in [2.05, 4.69) is 10.3 Å². The first kappa shape index (κ1) is 18.5. The number of imidazole rings is 1. The van der Waals surface area contributed by atoms with E-state index in [0.717, 1.165) is 11.1 Å². The van der Waals surface area contributed by atoms with Crippen LogP contribution in [0, 0.1) is 0 Å². The summed E-state index contributed by atoms with van der Waals surface area (Å²) in [6, 6.07) is 6.81. The number of pyridine rings is 1. The summed E-state index contributed by atoms with van der Waals surface area (Å²) in [6.45, 7) is 1.93. The van der Waals surface area contributed by atoms with Gasteiger partial charge in [-0.25, -0.2) is 9.59 Å². The molecule has 2 amide bonds. The van der Waals surface area contributed by atoms with Gasteiger partial charge in [0.25, 0.3) is 0 Å². The molecule has 27 heavy (non-hydrogen) atoms. The monoisotopic (exact) mass is 369 g/mol. The van der Waals surface area contributed by atoms with Crippen molar-refractivity contribution in [2.45, 2.75) is 13.0 Å². The number of fused-ring (bicyclic) bond motifs is 1. The highest BCUT2D eigenvalue weighted by atomic mass is 16.5. The molecule has 0 aliphatic heterocycles. The lowest BCUT2D eigenvalue weighted by atomic mass is 10.1. The zero-order valence-corrected chi connectivity index (χ0v) is 16.1. The smallest absolute Gasteiger partial charge is 0.328 e. The fraction of sp³-hybridized carbons (Fsp3) is 0.316. The molecule has 1 atom stereocenters. The molecule has 0 spiro atoms. The maximum atomic E-state index is 12.8. The molecule has 3 rings (SSSR count). The van der Waals surface area contributed by atoms with Gasteiger partial charge in [-0.3, -0.25) is 14.1 Å². The number of nitrogens with zero attached hydrogens (tertiary/aromatic N) is 4. The van der Waals surface area contributed by atoms with E-state index in [1.807, 2.05) is 19.1 Å². The molecule has 3 aromatic rings. The summed E-state index contributed by atoms with van der Waals surface area (Å²) in [4.78, 5) is 30.6. The van der Waals surface area contributed by atoms with E-state index in [0.29, 0.717) is 17.0 Å². The molecule has 0 saturated carbocycles. The van der Waals surface area contributed by atoms with Crippen LogP contribution >= 0.6 is 0 Å². The number of urea groups is 1. The maximum absolute atomic E-state index is 12.8. The number of carbonyl (C=O) groups is 1. The number of amides is 2. The molecule has 0 aliphatic rings. The third-order valence-corrected chi connectivity index (χ3v) is 4.90. The van der Waals surface area contributed by atoms with Crippen molar-refractivity contribution in [1.29, 1.82) is 0 Å². The molecular formula is C19H23N5O3. The Morgan fingerprint density at radius 3 is 2.52 bits per heavy atom. The topological polar surface area (TPSA) is 81.4 Å². The second-order valence-electron chi connectivity index (χ2n) is 6.45. The molecule has 0 bridgehead atoms. The second-order valence-corrected chi connectivity index (χ2v) is 6.45. The minimum absolute atomic E-state index is 0.141. The minimum atomic E-state index is -0.287. The Hall–Kier alpha value is -3.29. The minimum Gasteiger partial charge on any atom is -0.494 e. The number of methoxy groups -OCH3 is 1. The summed E-state index contributed by atoms with van der Waals surface area (Å²) in [5.74, 6) is 0.486. The van der Waals surface area contributed by atoms with E-state index in [4.69, 9.17) is 4.74 Å². The molecule has 0 unspecified atom stereocenters. The molecule has 0 fully saturated rings. The number of carbonyl (C=O) groups excluding carboxylic acids is 1. The number of benzene rings is 1. The van der Waals surface area contributed by atoms with Gasteiger partial charge < -0.3 is 15.0 Å². The summed E-state index contributed by atoms with van der Waals surface area (Å²) in [5.41, 5.74) is 2.73. The van der Waals surface area contributed by atoms with Gasteiger partial charge in [0.05, 0.1) is 29.9 Å². The van der Waals surface area contributed by atoms with E-state index in [1.165, 1.54) is 11.7 Å². The van der Waals surface area contributed by atoms with Crippen molar-refractivity contribution in [3.63, 3.8) is 0 Å². The summed E-state index contributed by atoms with van der Waals surface area (Å²) in [5, 5.41) is 2.88. The Labute approximate surface area is 157 Å². The van der Waals surface area contributed by atoms with Gasteiger partial charge in [-0.15, -0.1) is 0 Å². The number of ether oxygens (including phenoxy) is 1. The number of nitrogens with one attached hydrogen (secondary N) is 1. The van der Waals surface area contributed by atoms with Crippen LogP contribution in [-0.4, -0.2) is 39.2 Å². The average Bonchev–Trinajstić information content (AvgIpc) is 2.90. The van der Waals surface area contributed by atoms with E-state index in [1.54, 1.807) is 55.1 Å². The number of hydrogen-bond acceptors (Lipinski definition) is 4. The van der Waals surface area contributed by atoms with Crippen LogP contribution in [0.2, 0.25) is 0 Å². The van der Waals surface area contributed by atoms with Gasteiger partial charge in [0.15, 0.2) is 0 Å². The molecule has 0 aliphatic carbocycles. The zero-order valence-electron chi connectivity index (χ0n) is 16.1. The Morgan fingerprint density at radius 2 is 1.93 bits per heavy atom. The second kappa shape index (κ2) is 7.14. The Balaban J connectivity index is 1.92. The predicted octanol–water partition coefficient (Wildman–Crippen LogP) is 2.51. The van der Waals surface area contributed by atoms with Crippen LogP contribution in [0.5, 0.6) is 5.75 Å². The average molecular weight is 369 g/mol. The van der Waals surface area contributed by atoms with Crippen LogP contribution in [-0.2, 0) is 14.1 Å². The van der Waals surface area contributed by atoms with Crippen LogP contribution < -0.4 is 15.7 Å². The van der Waals surface area contributed by atoms with Gasteiger partial charge in [-0.05, 0) is 24.6 Å². The highest BCUT2D eigenvalue weighted by molar-refractivity contribution is 5.94. The van der Waals surface area contributed by atoms with Gasteiger partial charge in [0.2, 0.25) is 0 Å². The van der Waals surface area contributed by atoms with Gasteiger partial charge in [-0.2, -0.15) is 0 Å². The van der Waals surface area contributed by atoms with Crippen molar-refractivity contribution in [2.75, 3.05) is 19.5 Å². The van der Waals surface area contributed by atoms with Crippen LogP contribution in [0.25, 0.3) is 11.0 Å². The Kier molecular flexibility index (Phi) is 4.89. The van der Waals surface area contributed by atoms with Crippen molar-refractivity contribution in [1.82, 2.24) is 19.0 Å². The summed E-state index contributed by atoms with van der Waals surface area (Å²) < 4.78 is 8.49. The lowest BCUT2D eigenvalue weighted by molar-refractivity contribution is 0.208. The Morgan fingerprint density at radius 1 is 1.26 bits per heavy atom. The molecule has 1 aromatic carbocycles. The third kappa shape index (κ3) is 3.25. The maximum Gasteiger partial charge on any atom is 0.328 e. The SMILES string of the molecule is COc1cc2c(cc1NC(=O)N(C)[C@H](C)c1cccnc1)n(C)c(=O)n2C. The zero-order chi connectivity index (χ0) is 19.7. The molecule has 2 aromatic heterocycles. The fourth-order valence-electron chi connectivity index (χ4n) is 3.02. The molecule has 0 radical (unpaired) electrons. The largest absolute Gasteiger partial charge is 0.494 e. The van der Waals surface area contributed by atoms with Crippen LogP contribution in [0.3, 0.4) is 0 Å². The van der Waals surface area contributed by atoms with Gasteiger partial charge in [-0.1, -0.05) is 6.07 Å². The first-order valence-electron chi connectivity index (χ1n) is 8.52. The van der Waals surface area contributed by atoms with Gasteiger partial charge >= 0.3 is 11.7 Å².